The summed E-state index contributed by atoms with van der Waals surface area (Å²) in [6.45, 7) is 34.4. The molecule has 0 aliphatic carbocycles. The summed E-state index contributed by atoms with van der Waals surface area (Å²) >= 11 is 0. The molecule has 0 amide bonds. The molecule has 0 spiro atoms. The van der Waals surface area contributed by atoms with Gasteiger partial charge >= 0.3 is 0 Å². The average Bonchev–Trinajstić information content (AvgIpc) is 2.69. The van der Waals surface area contributed by atoms with E-state index in [1.54, 1.807) is 0 Å². The molecule has 0 saturated heterocycles. The Balaban J connectivity index is 0. The Labute approximate surface area is 201 Å². The van der Waals surface area contributed by atoms with Crippen molar-refractivity contribution < 1.29 is 0 Å². The van der Waals surface area contributed by atoms with E-state index in [4.69, 9.17) is 0 Å². The number of rotatable bonds is 0. The SMILES string of the molecule is CC.CC.CC(C)(C)c1ccc(C(C)(C)C)nc1.CC(C)(C)c1ccc(C(C)(C)C)nc1. The molecule has 0 aromatic carbocycles. The highest BCUT2D eigenvalue weighted by atomic mass is 14.7. The first kappa shape index (κ1) is 32.5. The Morgan fingerprint density at radius 3 is 0.781 bits per heavy atom. The number of nitrogens with zero attached hydrogens (tertiary/aromatic N) is 2. The Morgan fingerprint density at radius 2 is 0.656 bits per heavy atom. The fourth-order valence-corrected chi connectivity index (χ4v) is 2.56. The lowest BCUT2D eigenvalue weighted by Crippen LogP contribution is -2.16. The van der Waals surface area contributed by atoms with Gasteiger partial charge in [-0.1, -0.05) is 123 Å². The summed E-state index contributed by atoms with van der Waals surface area (Å²) in [4.78, 5) is 9.03. The van der Waals surface area contributed by atoms with E-state index < -0.39 is 0 Å². The van der Waals surface area contributed by atoms with Crippen molar-refractivity contribution in [1.82, 2.24) is 9.97 Å². The molecule has 2 rings (SSSR count). The van der Waals surface area contributed by atoms with Gasteiger partial charge in [0.2, 0.25) is 0 Å². The smallest absolute Gasteiger partial charge is 0.0457 e. The molecule has 2 heterocycles. The minimum absolute atomic E-state index is 0.149. The van der Waals surface area contributed by atoms with Crippen LogP contribution >= 0.6 is 0 Å². The van der Waals surface area contributed by atoms with Crippen molar-refractivity contribution in [3.05, 3.63) is 59.2 Å². The molecule has 0 radical (unpaired) electrons. The van der Waals surface area contributed by atoms with Crippen molar-refractivity contribution in [2.75, 3.05) is 0 Å². The normalized spacial score (nSPS) is 11.8. The maximum atomic E-state index is 4.52. The van der Waals surface area contributed by atoms with Gasteiger partial charge in [-0.25, -0.2) is 0 Å². The summed E-state index contributed by atoms with van der Waals surface area (Å²) in [5.74, 6) is 0. The molecular weight excluding hydrogens is 388 g/mol. The second-order valence-corrected chi connectivity index (χ2v) is 11.9. The van der Waals surface area contributed by atoms with E-state index in [1.807, 2.05) is 40.1 Å². The van der Waals surface area contributed by atoms with Crippen LogP contribution in [0, 0.1) is 0 Å². The van der Waals surface area contributed by atoms with Gasteiger partial charge < -0.3 is 0 Å². The fraction of sp³-hybridized carbons (Fsp3) is 0.667. The topological polar surface area (TPSA) is 25.8 Å². The molecule has 2 aromatic rings. The summed E-state index contributed by atoms with van der Waals surface area (Å²) in [6.07, 6.45) is 4.00. The Morgan fingerprint density at radius 1 is 0.406 bits per heavy atom. The molecule has 2 aromatic heterocycles. The van der Waals surface area contributed by atoms with Crippen molar-refractivity contribution in [3.8, 4) is 0 Å². The molecule has 0 fully saturated rings. The Bertz CT molecular complexity index is 593. The molecule has 0 aliphatic rings. The third-order valence-corrected chi connectivity index (χ3v) is 4.80. The van der Waals surface area contributed by atoms with Crippen LogP contribution in [0.2, 0.25) is 0 Å². The van der Waals surface area contributed by atoms with Crippen LogP contribution in [0.4, 0.5) is 0 Å². The maximum absolute atomic E-state index is 4.52. The van der Waals surface area contributed by atoms with E-state index in [-0.39, 0.29) is 21.7 Å². The van der Waals surface area contributed by atoms with Gasteiger partial charge in [-0.15, -0.1) is 0 Å². The van der Waals surface area contributed by atoms with Crippen LogP contribution in [0.15, 0.2) is 36.7 Å². The standard InChI is InChI=1S/2C13H21N.2C2H6/c2*1-12(2,3)10-7-8-11(14-9-10)13(4,5)6;2*1-2/h2*7-9H,1-6H3;2*1-2H3. The Kier molecular flexibility index (Phi) is 13.3. The lowest BCUT2D eigenvalue weighted by Gasteiger charge is -2.22. The number of aromatic nitrogens is 2. The zero-order valence-electron chi connectivity index (χ0n) is 24.4. The molecule has 0 atom stereocenters. The van der Waals surface area contributed by atoms with Crippen molar-refractivity contribution in [3.63, 3.8) is 0 Å². The van der Waals surface area contributed by atoms with Crippen molar-refractivity contribution in [2.45, 2.75) is 132 Å². The van der Waals surface area contributed by atoms with Gasteiger partial charge in [0, 0.05) is 34.6 Å². The highest BCUT2D eigenvalue weighted by molar-refractivity contribution is 5.25. The highest BCUT2D eigenvalue weighted by Crippen LogP contribution is 2.26. The van der Waals surface area contributed by atoms with E-state index in [1.165, 1.54) is 11.1 Å². The van der Waals surface area contributed by atoms with E-state index >= 15 is 0 Å². The average molecular weight is 443 g/mol. The third-order valence-electron chi connectivity index (χ3n) is 4.80. The summed E-state index contributed by atoms with van der Waals surface area (Å²) in [7, 11) is 0. The number of pyridine rings is 2. The van der Waals surface area contributed by atoms with Crippen LogP contribution in [-0.2, 0) is 21.7 Å². The predicted molar refractivity (Wildman–Crippen MR) is 146 cm³/mol. The molecule has 184 valence electrons. The van der Waals surface area contributed by atoms with Crippen LogP contribution in [0.3, 0.4) is 0 Å². The molecule has 0 unspecified atom stereocenters. The Hall–Kier alpha value is -1.70. The zero-order chi connectivity index (χ0) is 26.0. The molecule has 2 nitrogen and oxygen atoms in total. The maximum Gasteiger partial charge on any atom is 0.0457 e. The minimum atomic E-state index is 0.149. The first-order valence-corrected chi connectivity index (χ1v) is 12.4. The summed E-state index contributed by atoms with van der Waals surface area (Å²) in [5, 5.41) is 0. The van der Waals surface area contributed by atoms with Crippen molar-refractivity contribution >= 4 is 0 Å². The van der Waals surface area contributed by atoms with Crippen molar-refractivity contribution in [1.29, 1.82) is 0 Å². The van der Waals surface area contributed by atoms with Gasteiger partial charge in [0.15, 0.2) is 0 Å². The van der Waals surface area contributed by atoms with E-state index in [0.717, 1.165) is 11.4 Å². The van der Waals surface area contributed by atoms with Gasteiger partial charge in [-0.2, -0.15) is 0 Å². The first-order chi connectivity index (χ1) is 14.4. The lowest BCUT2D eigenvalue weighted by atomic mass is 9.86. The van der Waals surface area contributed by atoms with Gasteiger partial charge in [0.1, 0.15) is 0 Å². The largest absolute Gasteiger partial charge is 0.260 e. The van der Waals surface area contributed by atoms with E-state index in [2.05, 4.69) is 117 Å². The van der Waals surface area contributed by atoms with Crippen LogP contribution < -0.4 is 0 Å². The van der Waals surface area contributed by atoms with Crippen LogP contribution in [0.5, 0.6) is 0 Å². The van der Waals surface area contributed by atoms with E-state index in [0.29, 0.717) is 0 Å². The number of hydrogen-bond acceptors (Lipinski definition) is 2. The molecule has 0 N–H and O–H groups in total. The zero-order valence-corrected chi connectivity index (χ0v) is 24.4. The molecular formula is C30H54N2. The van der Waals surface area contributed by atoms with Crippen LogP contribution in [0.1, 0.15) is 133 Å². The summed E-state index contributed by atoms with van der Waals surface area (Å²) < 4.78 is 0. The monoisotopic (exact) mass is 442 g/mol. The summed E-state index contributed by atoms with van der Waals surface area (Å²) in [5.41, 5.74) is 5.60. The first-order valence-electron chi connectivity index (χ1n) is 12.4. The van der Waals surface area contributed by atoms with Gasteiger partial charge in [0.25, 0.3) is 0 Å². The fourth-order valence-electron chi connectivity index (χ4n) is 2.56. The van der Waals surface area contributed by atoms with E-state index in [9.17, 15) is 0 Å². The molecule has 0 bridgehead atoms. The number of hydrogen-bond donors (Lipinski definition) is 0. The minimum Gasteiger partial charge on any atom is -0.260 e. The lowest BCUT2D eigenvalue weighted by molar-refractivity contribution is 0.556. The molecule has 32 heavy (non-hydrogen) atoms. The van der Waals surface area contributed by atoms with Crippen LogP contribution in [-0.4, -0.2) is 9.97 Å². The second kappa shape index (κ2) is 13.1. The van der Waals surface area contributed by atoms with Crippen molar-refractivity contribution in [2.24, 2.45) is 0 Å². The van der Waals surface area contributed by atoms with Gasteiger partial charge in [-0.05, 0) is 34.1 Å². The summed E-state index contributed by atoms with van der Waals surface area (Å²) in [6, 6.07) is 8.66. The van der Waals surface area contributed by atoms with Gasteiger partial charge in [-0.3, -0.25) is 9.97 Å². The second-order valence-electron chi connectivity index (χ2n) is 11.9. The van der Waals surface area contributed by atoms with Crippen LogP contribution in [0.25, 0.3) is 0 Å². The van der Waals surface area contributed by atoms with Gasteiger partial charge in [0.05, 0.1) is 0 Å². The third kappa shape index (κ3) is 11.8. The molecule has 0 saturated carbocycles. The quantitative estimate of drug-likeness (QED) is 0.406. The molecule has 2 heteroatoms. The highest BCUT2D eigenvalue weighted by Gasteiger charge is 2.19. The predicted octanol–water partition coefficient (Wildman–Crippen LogP) is 9.41. The molecule has 0 aliphatic heterocycles.